The zero-order chi connectivity index (χ0) is 15.4. The van der Waals surface area contributed by atoms with Gasteiger partial charge in [-0.3, -0.25) is 0 Å². The highest BCUT2D eigenvalue weighted by atomic mass is 32.2. The Morgan fingerprint density at radius 1 is 1.20 bits per heavy atom. The van der Waals surface area contributed by atoms with Crippen molar-refractivity contribution in [2.45, 2.75) is 66.2 Å². The molecular weight excluding hydrogens is 270 g/mol. The normalized spacial score (nSPS) is 28.1. The second kappa shape index (κ2) is 6.47. The zero-order valence-corrected chi connectivity index (χ0v) is 14.2. The van der Waals surface area contributed by atoms with E-state index < -0.39 is 15.3 Å². The van der Waals surface area contributed by atoms with Gasteiger partial charge in [-0.05, 0) is 49.9 Å². The lowest BCUT2D eigenvalue weighted by molar-refractivity contribution is 0.119. The minimum Gasteiger partial charge on any atom is -0.229 e. The Morgan fingerprint density at radius 3 is 2.15 bits per heavy atom. The Kier molecular flexibility index (Phi) is 5.66. The van der Waals surface area contributed by atoms with E-state index in [0.717, 1.165) is 25.7 Å². The Morgan fingerprint density at radius 2 is 1.75 bits per heavy atom. The summed E-state index contributed by atoms with van der Waals surface area (Å²) < 4.78 is 23.7. The summed E-state index contributed by atoms with van der Waals surface area (Å²) in [7, 11) is -2.97. The molecule has 0 N–H and O–H groups in total. The molecule has 0 bridgehead atoms. The van der Waals surface area contributed by atoms with Gasteiger partial charge >= 0.3 is 0 Å². The Labute approximate surface area is 124 Å². The first kappa shape index (κ1) is 17.5. The van der Waals surface area contributed by atoms with Gasteiger partial charge < -0.3 is 0 Å². The lowest BCUT2D eigenvalue weighted by Crippen LogP contribution is -2.33. The minimum atomic E-state index is -2.97. The van der Waals surface area contributed by atoms with Crippen LogP contribution >= 0.6 is 0 Å². The molecule has 4 heteroatoms. The van der Waals surface area contributed by atoms with Crippen LogP contribution in [-0.2, 0) is 9.84 Å². The van der Waals surface area contributed by atoms with E-state index in [-0.39, 0.29) is 16.9 Å². The third-order valence-electron chi connectivity index (χ3n) is 4.81. The average molecular weight is 299 g/mol. The van der Waals surface area contributed by atoms with Crippen molar-refractivity contribution in [3.05, 3.63) is 0 Å². The lowest BCUT2D eigenvalue weighted by atomic mass is 9.64. The molecule has 0 amide bonds. The number of nitrogens with zero attached hydrogens (tertiary/aromatic N) is 1. The minimum absolute atomic E-state index is 0.175. The highest BCUT2D eigenvalue weighted by Gasteiger charge is 2.39. The van der Waals surface area contributed by atoms with E-state index >= 15 is 0 Å². The number of hydrogen-bond acceptors (Lipinski definition) is 3. The molecule has 3 nitrogen and oxygen atoms in total. The zero-order valence-electron chi connectivity index (χ0n) is 13.4. The molecule has 0 heterocycles. The monoisotopic (exact) mass is 299 g/mol. The van der Waals surface area contributed by atoms with Crippen molar-refractivity contribution >= 4 is 9.84 Å². The second-order valence-corrected chi connectivity index (χ2v) is 9.74. The summed E-state index contributed by atoms with van der Waals surface area (Å²) >= 11 is 0. The van der Waals surface area contributed by atoms with E-state index in [1.54, 1.807) is 0 Å². The molecule has 1 aliphatic carbocycles. The van der Waals surface area contributed by atoms with Crippen LogP contribution in [0.4, 0.5) is 0 Å². The van der Waals surface area contributed by atoms with Crippen LogP contribution in [0.3, 0.4) is 0 Å². The number of hydrogen-bond donors (Lipinski definition) is 0. The van der Waals surface area contributed by atoms with E-state index in [9.17, 15) is 13.7 Å². The van der Waals surface area contributed by atoms with Gasteiger partial charge in [0.15, 0.2) is 0 Å². The molecule has 0 radical (unpaired) electrons. The third-order valence-corrected chi connectivity index (χ3v) is 6.67. The van der Waals surface area contributed by atoms with Crippen LogP contribution in [0.1, 0.15) is 66.2 Å². The summed E-state index contributed by atoms with van der Waals surface area (Å²) in [5.41, 5.74) is -0.113. The first-order chi connectivity index (χ1) is 9.14. The molecule has 0 saturated heterocycles. The van der Waals surface area contributed by atoms with Gasteiger partial charge in [0.2, 0.25) is 0 Å². The SMILES string of the molecule is CCCS(=O)(=O)CCC1(C#N)CCC(C(C)(C)C)CC1. The van der Waals surface area contributed by atoms with E-state index in [4.69, 9.17) is 0 Å². The van der Waals surface area contributed by atoms with Crippen molar-refractivity contribution in [2.75, 3.05) is 11.5 Å². The molecule has 0 aromatic heterocycles. The third kappa shape index (κ3) is 4.77. The predicted molar refractivity (Wildman–Crippen MR) is 83.0 cm³/mol. The summed E-state index contributed by atoms with van der Waals surface area (Å²) in [6.45, 7) is 8.64. The van der Waals surface area contributed by atoms with Crippen molar-refractivity contribution < 1.29 is 8.42 Å². The number of sulfone groups is 1. The molecule has 0 aromatic carbocycles. The first-order valence-electron chi connectivity index (χ1n) is 7.76. The molecule has 1 aliphatic rings. The van der Waals surface area contributed by atoms with Crippen LogP contribution in [0, 0.1) is 28.1 Å². The van der Waals surface area contributed by atoms with Crippen molar-refractivity contribution in [3.63, 3.8) is 0 Å². The van der Waals surface area contributed by atoms with Crippen LogP contribution in [0.2, 0.25) is 0 Å². The second-order valence-electron chi connectivity index (χ2n) is 7.43. The molecule has 1 fully saturated rings. The Hall–Kier alpha value is -0.560. The molecular formula is C16H29NO2S. The quantitative estimate of drug-likeness (QED) is 0.772. The van der Waals surface area contributed by atoms with Crippen molar-refractivity contribution in [3.8, 4) is 6.07 Å². The molecule has 0 atom stereocenters. The van der Waals surface area contributed by atoms with Crippen molar-refractivity contribution in [1.29, 1.82) is 5.26 Å². The molecule has 0 spiro atoms. The summed E-state index contributed by atoms with van der Waals surface area (Å²) in [5, 5.41) is 9.51. The highest BCUT2D eigenvalue weighted by Crippen LogP contribution is 2.46. The maximum absolute atomic E-state index is 11.8. The molecule has 0 aromatic rings. The van der Waals surface area contributed by atoms with Gasteiger partial charge in [0.1, 0.15) is 9.84 Å². The van der Waals surface area contributed by atoms with Crippen LogP contribution in [0.25, 0.3) is 0 Å². The van der Waals surface area contributed by atoms with Gasteiger partial charge in [-0.2, -0.15) is 5.26 Å². The molecule has 116 valence electrons. The summed E-state index contributed by atoms with van der Waals surface area (Å²) in [6.07, 6.45) is 4.98. The van der Waals surface area contributed by atoms with Crippen LogP contribution in [0.15, 0.2) is 0 Å². The van der Waals surface area contributed by atoms with Crippen molar-refractivity contribution in [1.82, 2.24) is 0 Å². The summed E-state index contributed by atoms with van der Waals surface area (Å²) in [4.78, 5) is 0. The maximum atomic E-state index is 11.8. The van der Waals surface area contributed by atoms with Gasteiger partial charge in [-0.15, -0.1) is 0 Å². The standard InChI is InChI=1S/C16H29NO2S/c1-5-11-20(18,19)12-10-16(13-17)8-6-14(7-9-16)15(2,3)4/h14H,5-12H2,1-4H3. The van der Waals surface area contributed by atoms with Gasteiger partial charge in [0.25, 0.3) is 0 Å². The van der Waals surface area contributed by atoms with E-state index in [1.807, 2.05) is 6.92 Å². The first-order valence-corrected chi connectivity index (χ1v) is 9.58. The lowest BCUT2D eigenvalue weighted by Gasteiger charge is -2.40. The van der Waals surface area contributed by atoms with Crippen LogP contribution < -0.4 is 0 Å². The highest BCUT2D eigenvalue weighted by molar-refractivity contribution is 7.91. The molecule has 0 aliphatic heterocycles. The van der Waals surface area contributed by atoms with Crippen LogP contribution in [0.5, 0.6) is 0 Å². The molecule has 20 heavy (non-hydrogen) atoms. The Balaban J connectivity index is 2.62. The molecule has 1 saturated carbocycles. The van der Waals surface area contributed by atoms with Crippen molar-refractivity contribution in [2.24, 2.45) is 16.7 Å². The average Bonchev–Trinajstić information content (AvgIpc) is 2.36. The number of nitriles is 1. The van der Waals surface area contributed by atoms with E-state index in [1.165, 1.54) is 0 Å². The fraction of sp³-hybridized carbons (Fsp3) is 0.938. The van der Waals surface area contributed by atoms with E-state index in [2.05, 4.69) is 26.8 Å². The summed E-state index contributed by atoms with van der Waals surface area (Å²) in [5.74, 6) is 1.07. The topological polar surface area (TPSA) is 57.9 Å². The number of rotatable bonds is 5. The smallest absolute Gasteiger partial charge is 0.150 e. The molecule has 0 unspecified atom stereocenters. The fourth-order valence-corrected chi connectivity index (χ4v) is 4.75. The largest absolute Gasteiger partial charge is 0.229 e. The van der Waals surface area contributed by atoms with Gasteiger partial charge in [-0.25, -0.2) is 8.42 Å². The van der Waals surface area contributed by atoms with E-state index in [0.29, 0.717) is 18.8 Å². The van der Waals surface area contributed by atoms with Gasteiger partial charge in [0.05, 0.1) is 17.2 Å². The maximum Gasteiger partial charge on any atom is 0.150 e. The Bertz CT molecular complexity index is 446. The predicted octanol–water partition coefficient (Wildman–Crippen LogP) is 3.95. The fourth-order valence-electron chi connectivity index (χ4n) is 3.22. The van der Waals surface area contributed by atoms with Gasteiger partial charge in [0, 0.05) is 5.75 Å². The molecule has 1 rings (SSSR count). The summed E-state index contributed by atoms with van der Waals surface area (Å²) in [6, 6.07) is 2.44. The van der Waals surface area contributed by atoms with Gasteiger partial charge in [-0.1, -0.05) is 27.7 Å². The van der Waals surface area contributed by atoms with Crippen LogP contribution in [-0.4, -0.2) is 19.9 Å².